The highest BCUT2D eigenvalue weighted by Gasteiger charge is 2.08. The fraction of sp³-hybridized carbons (Fsp3) is 0. The fourth-order valence-corrected chi connectivity index (χ4v) is 2.77. The Hall–Kier alpha value is -3.01. The summed E-state index contributed by atoms with van der Waals surface area (Å²) in [6, 6.07) is 15.6. The summed E-state index contributed by atoms with van der Waals surface area (Å²) < 4.78 is 0. The predicted octanol–water partition coefficient (Wildman–Crippen LogP) is 3.26. The molecule has 0 aliphatic rings. The molecule has 0 fully saturated rings. The number of para-hydroxylation sites is 1. The molecule has 4 nitrogen and oxygen atoms in total. The molecule has 0 atom stereocenters. The largest absolute Gasteiger partial charge is 0.398 e. The highest BCUT2D eigenvalue weighted by atomic mass is 16.1. The Morgan fingerprint density at radius 2 is 1.81 bits per heavy atom. The van der Waals surface area contributed by atoms with E-state index in [1.165, 1.54) is 0 Å². The first-order chi connectivity index (χ1) is 10.2. The Balaban J connectivity index is 2.08. The number of rotatable bonds is 1. The third-order valence-corrected chi connectivity index (χ3v) is 3.80. The van der Waals surface area contributed by atoms with Gasteiger partial charge < -0.3 is 15.7 Å². The number of benzene rings is 2. The van der Waals surface area contributed by atoms with Crippen LogP contribution in [-0.4, -0.2) is 9.97 Å². The number of aromatic nitrogens is 2. The molecule has 0 unspecified atom stereocenters. The van der Waals surface area contributed by atoms with Crippen molar-refractivity contribution in [3.8, 4) is 11.1 Å². The fourth-order valence-electron chi connectivity index (χ4n) is 2.77. The number of anilines is 1. The lowest BCUT2D eigenvalue weighted by Gasteiger charge is -2.07. The van der Waals surface area contributed by atoms with Crippen LogP contribution >= 0.6 is 0 Å². The first kappa shape index (κ1) is 11.8. The molecule has 0 amide bonds. The number of H-pyrrole nitrogens is 2. The van der Waals surface area contributed by atoms with Gasteiger partial charge in [0.1, 0.15) is 5.52 Å². The second-order valence-electron chi connectivity index (χ2n) is 5.07. The standard InChI is InChI=1S/C17H13N3O/c18-14-4-2-1-3-11(14)10-5-6-15-13(9-10)12-7-8-19-16(12)17(21)20-15/h1-9,19H,18H2,(H,20,21). The van der Waals surface area contributed by atoms with Crippen molar-refractivity contribution in [3.63, 3.8) is 0 Å². The van der Waals surface area contributed by atoms with Gasteiger partial charge in [0.25, 0.3) is 5.56 Å². The van der Waals surface area contributed by atoms with Crippen LogP contribution in [-0.2, 0) is 0 Å². The molecule has 2 aromatic heterocycles. The number of nitrogens with one attached hydrogen (secondary N) is 2. The SMILES string of the molecule is Nc1ccccc1-c1ccc2[nH]c(=O)c3[nH]ccc3c2c1. The van der Waals surface area contributed by atoms with Crippen molar-refractivity contribution in [2.75, 3.05) is 5.73 Å². The molecule has 21 heavy (non-hydrogen) atoms. The zero-order valence-electron chi connectivity index (χ0n) is 11.2. The monoisotopic (exact) mass is 275 g/mol. The minimum Gasteiger partial charge on any atom is -0.398 e. The predicted molar refractivity (Wildman–Crippen MR) is 86.3 cm³/mol. The topological polar surface area (TPSA) is 74.7 Å². The molecular weight excluding hydrogens is 262 g/mol. The molecule has 4 aromatic rings. The van der Waals surface area contributed by atoms with Gasteiger partial charge in [0, 0.05) is 33.7 Å². The molecule has 2 heterocycles. The van der Waals surface area contributed by atoms with Crippen LogP contribution in [0.2, 0.25) is 0 Å². The van der Waals surface area contributed by atoms with E-state index in [9.17, 15) is 4.79 Å². The normalized spacial score (nSPS) is 11.2. The summed E-state index contributed by atoms with van der Waals surface area (Å²) in [5.41, 5.74) is 10.1. The molecule has 0 aliphatic heterocycles. The van der Waals surface area contributed by atoms with Gasteiger partial charge in [-0.1, -0.05) is 24.3 Å². The van der Waals surface area contributed by atoms with Crippen LogP contribution in [0, 0.1) is 0 Å². The summed E-state index contributed by atoms with van der Waals surface area (Å²) in [5.74, 6) is 0. The summed E-state index contributed by atoms with van der Waals surface area (Å²) in [7, 11) is 0. The molecule has 0 saturated carbocycles. The van der Waals surface area contributed by atoms with Crippen molar-refractivity contribution in [2.24, 2.45) is 0 Å². The molecule has 4 rings (SSSR count). The maximum atomic E-state index is 12.0. The van der Waals surface area contributed by atoms with Gasteiger partial charge in [-0.3, -0.25) is 4.79 Å². The van der Waals surface area contributed by atoms with Crippen molar-refractivity contribution in [1.82, 2.24) is 9.97 Å². The van der Waals surface area contributed by atoms with Crippen LogP contribution in [0.1, 0.15) is 0 Å². The number of hydrogen-bond donors (Lipinski definition) is 3. The molecule has 2 aromatic carbocycles. The number of pyridine rings is 1. The smallest absolute Gasteiger partial charge is 0.272 e. The Morgan fingerprint density at radius 3 is 2.67 bits per heavy atom. The number of fused-ring (bicyclic) bond motifs is 3. The zero-order chi connectivity index (χ0) is 14.4. The van der Waals surface area contributed by atoms with E-state index in [1.807, 2.05) is 42.5 Å². The quantitative estimate of drug-likeness (QED) is 0.466. The molecule has 0 spiro atoms. The third kappa shape index (κ3) is 1.73. The summed E-state index contributed by atoms with van der Waals surface area (Å²) >= 11 is 0. The Kier molecular flexibility index (Phi) is 2.38. The van der Waals surface area contributed by atoms with Gasteiger partial charge in [-0.2, -0.15) is 0 Å². The lowest BCUT2D eigenvalue weighted by molar-refractivity contribution is 1.31. The lowest BCUT2D eigenvalue weighted by Crippen LogP contribution is -2.06. The molecule has 0 bridgehead atoms. The molecule has 0 radical (unpaired) electrons. The molecule has 102 valence electrons. The number of hydrogen-bond acceptors (Lipinski definition) is 2. The highest BCUT2D eigenvalue weighted by molar-refractivity contribution is 6.05. The van der Waals surface area contributed by atoms with Crippen molar-refractivity contribution in [3.05, 3.63) is 65.1 Å². The van der Waals surface area contributed by atoms with Crippen LogP contribution in [0.5, 0.6) is 0 Å². The van der Waals surface area contributed by atoms with E-state index in [0.29, 0.717) is 5.52 Å². The van der Waals surface area contributed by atoms with E-state index in [2.05, 4.69) is 16.0 Å². The number of aromatic amines is 2. The minimum atomic E-state index is -0.102. The van der Waals surface area contributed by atoms with Gasteiger partial charge in [0.05, 0.1) is 0 Å². The van der Waals surface area contributed by atoms with Crippen LogP contribution in [0.15, 0.2) is 59.5 Å². The summed E-state index contributed by atoms with van der Waals surface area (Å²) in [6.45, 7) is 0. The van der Waals surface area contributed by atoms with Gasteiger partial charge in [-0.15, -0.1) is 0 Å². The van der Waals surface area contributed by atoms with Crippen molar-refractivity contribution < 1.29 is 0 Å². The first-order valence-electron chi connectivity index (χ1n) is 6.72. The lowest BCUT2D eigenvalue weighted by atomic mass is 10.0. The Labute approximate surface area is 120 Å². The zero-order valence-corrected chi connectivity index (χ0v) is 11.2. The highest BCUT2D eigenvalue weighted by Crippen LogP contribution is 2.30. The first-order valence-corrected chi connectivity index (χ1v) is 6.72. The van der Waals surface area contributed by atoms with E-state index in [1.54, 1.807) is 6.20 Å². The van der Waals surface area contributed by atoms with Crippen LogP contribution in [0.3, 0.4) is 0 Å². The Morgan fingerprint density at radius 1 is 0.952 bits per heavy atom. The van der Waals surface area contributed by atoms with E-state index >= 15 is 0 Å². The van der Waals surface area contributed by atoms with E-state index in [4.69, 9.17) is 5.73 Å². The van der Waals surface area contributed by atoms with Crippen molar-refractivity contribution >= 4 is 27.5 Å². The van der Waals surface area contributed by atoms with E-state index < -0.39 is 0 Å². The Bertz CT molecular complexity index is 1030. The molecule has 4 heteroatoms. The second kappa shape index (κ2) is 4.24. The van der Waals surface area contributed by atoms with Crippen LogP contribution < -0.4 is 11.3 Å². The molecular formula is C17H13N3O. The van der Waals surface area contributed by atoms with Crippen molar-refractivity contribution in [1.29, 1.82) is 0 Å². The van der Waals surface area contributed by atoms with Gasteiger partial charge >= 0.3 is 0 Å². The molecule has 4 N–H and O–H groups in total. The van der Waals surface area contributed by atoms with E-state index in [-0.39, 0.29) is 5.56 Å². The molecule has 0 saturated heterocycles. The molecule has 0 aliphatic carbocycles. The minimum absolute atomic E-state index is 0.102. The van der Waals surface area contributed by atoms with Gasteiger partial charge in [0.15, 0.2) is 0 Å². The third-order valence-electron chi connectivity index (χ3n) is 3.80. The maximum Gasteiger partial charge on any atom is 0.272 e. The van der Waals surface area contributed by atoms with Gasteiger partial charge in [-0.05, 0) is 29.8 Å². The number of nitrogen functional groups attached to an aromatic ring is 1. The van der Waals surface area contributed by atoms with Crippen LogP contribution in [0.25, 0.3) is 32.9 Å². The maximum absolute atomic E-state index is 12.0. The van der Waals surface area contributed by atoms with E-state index in [0.717, 1.165) is 33.1 Å². The van der Waals surface area contributed by atoms with Crippen molar-refractivity contribution in [2.45, 2.75) is 0 Å². The average molecular weight is 275 g/mol. The van der Waals surface area contributed by atoms with Gasteiger partial charge in [-0.25, -0.2) is 0 Å². The number of nitrogens with two attached hydrogens (primary N) is 1. The van der Waals surface area contributed by atoms with Gasteiger partial charge in [0.2, 0.25) is 0 Å². The second-order valence-corrected chi connectivity index (χ2v) is 5.07. The summed E-state index contributed by atoms with van der Waals surface area (Å²) in [6.07, 6.45) is 1.78. The average Bonchev–Trinajstić information content (AvgIpc) is 2.98. The summed E-state index contributed by atoms with van der Waals surface area (Å²) in [5, 5.41) is 1.93. The summed E-state index contributed by atoms with van der Waals surface area (Å²) in [4.78, 5) is 17.8. The van der Waals surface area contributed by atoms with Crippen LogP contribution in [0.4, 0.5) is 5.69 Å².